The zero-order valence-corrected chi connectivity index (χ0v) is 9.07. The predicted octanol–water partition coefficient (Wildman–Crippen LogP) is 2.02. The van der Waals surface area contributed by atoms with Crippen LogP contribution in [0.5, 0.6) is 0 Å². The molecule has 86 valence electrons. The van der Waals surface area contributed by atoms with Gasteiger partial charge in [0.25, 0.3) is 5.69 Å². The molecular formula is C8H5Cl2NO5. The van der Waals surface area contributed by atoms with Gasteiger partial charge in [-0.2, -0.15) is 0 Å². The quantitative estimate of drug-likeness (QED) is 0.643. The maximum Gasteiger partial charge on any atom is 0.337 e. The largest absolute Gasteiger partial charge is 0.479 e. The Balaban J connectivity index is 3.40. The molecule has 0 aromatic heterocycles. The summed E-state index contributed by atoms with van der Waals surface area (Å²) < 4.78 is 0. The third kappa shape index (κ3) is 2.41. The van der Waals surface area contributed by atoms with Crippen LogP contribution in [0.3, 0.4) is 0 Å². The summed E-state index contributed by atoms with van der Waals surface area (Å²) in [5, 5.41) is 27.8. The van der Waals surface area contributed by atoms with Crippen molar-refractivity contribution >= 4 is 34.9 Å². The number of nitrogens with zero attached hydrogens (tertiary/aromatic N) is 1. The van der Waals surface area contributed by atoms with E-state index in [0.29, 0.717) is 0 Å². The highest BCUT2D eigenvalue weighted by molar-refractivity contribution is 6.35. The third-order valence-electron chi connectivity index (χ3n) is 1.77. The Bertz CT molecular complexity index is 462. The van der Waals surface area contributed by atoms with Gasteiger partial charge in [-0.15, -0.1) is 0 Å². The van der Waals surface area contributed by atoms with Gasteiger partial charge >= 0.3 is 5.97 Å². The number of nitro benzene ring substituents is 1. The molecule has 2 N–H and O–H groups in total. The van der Waals surface area contributed by atoms with E-state index in [2.05, 4.69) is 0 Å². The Labute approximate surface area is 99.2 Å². The highest BCUT2D eigenvalue weighted by Crippen LogP contribution is 2.35. The van der Waals surface area contributed by atoms with Crippen LogP contribution >= 0.6 is 23.2 Å². The monoisotopic (exact) mass is 265 g/mol. The molecule has 0 aliphatic heterocycles. The van der Waals surface area contributed by atoms with E-state index in [1.165, 1.54) is 0 Å². The van der Waals surface area contributed by atoms with Crippen LogP contribution in [-0.2, 0) is 4.79 Å². The number of hydrogen-bond acceptors (Lipinski definition) is 4. The van der Waals surface area contributed by atoms with E-state index in [1.54, 1.807) is 0 Å². The van der Waals surface area contributed by atoms with Crippen molar-refractivity contribution in [3.63, 3.8) is 0 Å². The Morgan fingerprint density at radius 3 is 2.44 bits per heavy atom. The number of aliphatic hydroxyl groups is 1. The van der Waals surface area contributed by atoms with Crippen LogP contribution in [0.15, 0.2) is 12.1 Å². The molecule has 1 aromatic rings. The van der Waals surface area contributed by atoms with Crippen molar-refractivity contribution in [1.82, 2.24) is 0 Å². The maximum absolute atomic E-state index is 10.6. The molecule has 0 radical (unpaired) electrons. The maximum atomic E-state index is 10.6. The Hall–Kier alpha value is -1.37. The van der Waals surface area contributed by atoms with Crippen LogP contribution in [-0.4, -0.2) is 21.1 Å². The molecule has 0 fully saturated rings. The number of carboxylic acid groups (broad SMARTS) is 1. The Morgan fingerprint density at radius 1 is 1.44 bits per heavy atom. The molecule has 6 nitrogen and oxygen atoms in total. The fraction of sp³-hybridized carbons (Fsp3) is 0.125. The zero-order chi connectivity index (χ0) is 12.5. The van der Waals surface area contributed by atoms with E-state index in [-0.39, 0.29) is 10.6 Å². The fourth-order valence-electron chi connectivity index (χ4n) is 1.06. The van der Waals surface area contributed by atoms with Crippen molar-refractivity contribution < 1.29 is 19.9 Å². The van der Waals surface area contributed by atoms with Gasteiger partial charge in [-0.1, -0.05) is 23.2 Å². The van der Waals surface area contributed by atoms with Crippen LogP contribution in [0.25, 0.3) is 0 Å². The lowest BCUT2D eigenvalue weighted by molar-refractivity contribution is -0.384. The van der Waals surface area contributed by atoms with Gasteiger partial charge in [-0.05, 0) is 6.07 Å². The minimum atomic E-state index is -1.95. The summed E-state index contributed by atoms with van der Waals surface area (Å²) in [5.74, 6) is -1.57. The van der Waals surface area contributed by atoms with Crippen LogP contribution in [0.4, 0.5) is 5.69 Å². The first kappa shape index (κ1) is 12.7. The molecule has 0 saturated heterocycles. The summed E-state index contributed by atoms with van der Waals surface area (Å²) in [4.78, 5) is 20.3. The number of carboxylic acids is 1. The van der Waals surface area contributed by atoms with Crippen molar-refractivity contribution in [1.29, 1.82) is 0 Å². The van der Waals surface area contributed by atoms with E-state index in [9.17, 15) is 20.0 Å². The first-order valence-electron chi connectivity index (χ1n) is 3.88. The van der Waals surface area contributed by atoms with Gasteiger partial charge in [0.1, 0.15) is 5.02 Å². The van der Waals surface area contributed by atoms with Gasteiger partial charge in [-0.3, -0.25) is 10.1 Å². The molecule has 0 saturated carbocycles. The van der Waals surface area contributed by atoms with Gasteiger partial charge < -0.3 is 10.2 Å². The molecule has 0 spiro atoms. The molecule has 0 heterocycles. The summed E-state index contributed by atoms with van der Waals surface area (Å²) in [6.45, 7) is 0. The lowest BCUT2D eigenvalue weighted by atomic mass is 10.1. The number of nitro groups is 1. The SMILES string of the molecule is O=C(O)C(O)c1cc(Cl)cc([N+](=O)[O-])c1Cl. The van der Waals surface area contributed by atoms with Crippen molar-refractivity contribution in [2.24, 2.45) is 0 Å². The molecule has 8 heteroatoms. The average Bonchev–Trinajstić information content (AvgIpc) is 2.19. The first-order valence-corrected chi connectivity index (χ1v) is 4.64. The lowest BCUT2D eigenvalue weighted by Crippen LogP contribution is -2.11. The van der Waals surface area contributed by atoms with Crippen LogP contribution in [0.2, 0.25) is 10.0 Å². The van der Waals surface area contributed by atoms with E-state index in [0.717, 1.165) is 12.1 Å². The molecule has 16 heavy (non-hydrogen) atoms. The fourth-order valence-corrected chi connectivity index (χ4v) is 1.56. The summed E-state index contributed by atoms with van der Waals surface area (Å²) in [6.07, 6.45) is -1.95. The van der Waals surface area contributed by atoms with Gasteiger partial charge in [-0.25, -0.2) is 4.79 Å². The molecule has 0 bridgehead atoms. The van der Waals surface area contributed by atoms with E-state index in [4.69, 9.17) is 28.3 Å². The molecule has 1 unspecified atom stereocenters. The van der Waals surface area contributed by atoms with Crippen molar-refractivity contribution in [3.8, 4) is 0 Å². The molecule has 1 atom stereocenters. The second-order valence-electron chi connectivity index (χ2n) is 2.83. The van der Waals surface area contributed by atoms with Gasteiger partial charge in [0, 0.05) is 16.7 Å². The van der Waals surface area contributed by atoms with Crippen molar-refractivity contribution in [3.05, 3.63) is 37.9 Å². The number of aliphatic carboxylic acids is 1. The van der Waals surface area contributed by atoms with Crippen molar-refractivity contribution in [2.45, 2.75) is 6.10 Å². The number of benzene rings is 1. The molecule has 0 amide bonds. The summed E-state index contributed by atoms with van der Waals surface area (Å²) >= 11 is 11.1. The van der Waals surface area contributed by atoms with Gasteiger partial charge in [0.15, 0.2) is 6.10 Å². The van der Waals surface area contributed by atoms with E-state index >= 15 is 0 Å². The van der Waals surface area contributed by atoms with Crippen LogP contribution < -0.4 is 0 Å². The second kappa shape index (κ2) is 4.65. The molecular weight excluding hydrogens is 261 g/mol. The summed E-state index contributed by atoms with van der Waals surface area (Å²) in [7, 11) is 0. The molecule has 0 aliphatic rings. The van der Waals surface area contributed by atoms with Gasteiger partial charge in [0.2, 0.25) is 0 Å². The van der Waals surface area contributed by atoms with E-state index in [1.807, 2.05) is 0 Å². The Morgan fingerprint density at radius 2 is 2.00 bits per heavy atom. The van der Waals surface area contributed by atoms with E-state index < -0.39 is 27.7 Å². The minimum absolute atomic E-state index is 0.0774. The number of hydrogen-bond donors (Lipinski definition) is 2. The molecule has 1 aromatic carbocycles. The number of aliphatic hydroxyl groups excluding tert-OH is 1. The highest BCUT2D eigenvalue weighted by atomic mass is 35.5. The third-order valence-corrected chi connectivity index (χ3v) is 2.40. The standard InChI is InChI=1S/C8H5Cl2NO5/c9-3-1-4(7(12)8(13)14)6(10)5(2-3)11(15)16/h1-2,7,12H,(H,13,14). The summed E-state index contributed by atoms with van der Waals surface area (Å²) in [6, 6.07) is 2.04. The predicted molar refractivity (Wildman–Crippen MR) is 55.7 cm³/mol. The van der Waals surface area contributed by atoms with Crippen molar-refractivity contribution in [2.75, 3.05) is 0 Å². The zero-order valence-electron chi connectivity index (χ0n) is 7.55. The number of carbonyl (C=O) groups is 1. The van der Waals surface area contributed by atoms with Crippen LogP contribution in [0.1, 0.15) is 11.7 Å². The normalized spacial score (nSPS) is 12.2. The topological polar surface area (TPSA) is 101 Å². The number of halogens is 2. The molecule has 1 rings (SSSR count). The average molecular weight is 266 g/mol. The second-order valence-corrected chi connectivity index (χ2v) is 3.64. The lowest BCUT2D eigenvalue weighted by Gasteiger charge is -2.08. The Kier molecular flexibility index (Phi) is 3.69. The number of rotatable bonds is 3. The van der Waals surface area contributed by atoms with Gasteiger partial charge in [0.05, 0.1) is 4.92 Å². The smallest absolute Gasteiger partial charge is 0.337 e. The first-order chi connectivity index (χ1) is 7.34. The summed E-state index contributed by atoms with van der Waals surface area (Å²) in [5.41, 5.74) is -0.863. The van der Waals surface area contributed by atoms with Crippen LogP contribution in [0, 0.1) is 10.1 Å². The molecule has 0 aliphatic carbocycles. The highest BCUT2D eigenvalue weighted by Gasteiger charge is 2.25. The minimum Gasteiger partial charge on any atom is -0.479 e.